The fourth-order valence-electron chi connectivity index (χ4n) is 1.63. The number of rotatable bonds is 4. The Morgan fingerprint density at radius 2 is 1.95 bits per heavy atom. The fourth-order valence-corrected chi connectivity index (χ4v) is 2.54. The molecule has 0 aliphatic carbocycles. The predicted molar refractivity (Wildman–Crippen MR) is 80.8 cm³/mol. The summed E-state index contributed by atoms with van der Waals surface area (Å²) in [5.74, 6) is 0.236. The number of hydrogen-bond acceptors (Lipinski definition) is 2. The molecule has 0 aliphatic heterocycles. The van der Waals surface area contributed by atoms with Gasteiger partial charge in [0, 0.05) is 10.0 Å². The molecule has 19 heavy (non-hydrogen) atoms. The molecule has 2 aromatic rings. The van der Waals surface area contributed by atoms with Crippen molar-refractivity contribution >= 4 is 33.1 Å². The minimum atomic E-state index is -0.297. The SMILES string of the molecule is NC(=S)c1c(Br)cccc1OCc1ccccc1F. The fraction of sp³-hybridized carbons (Fsp3) is 0.0714. The van der Waals surface area contributed by atoms with Crippen LogP contribution in [-0.2, 0) is 6.61 Å². The third-order valence-corrected chi connectivity index (χ3v) is 3.43. The molecule has 0 atom stereocenters. The average molecular weight is 340 g/mol. The van der Waals surface area contributed by atoms with Gasteiger partial charge in [-0.15, -0.1) is 0 Å². The average Bonchev–Trinajstić information content (AvgIpc) is 2.37. The molecule has 0 radical (unpaired) electrons. The minimum absolute atomic E-state index is 0.124. The second-order valence-electron chi connectivity index (χ2n) is 3.86. The Hall–Kier alpha value is -1.46. The number of thiocarbonyl (C=S) groups is 1. The Morgan fingerprint density at radius 1 is 1.21 bits per heavy atom. The van der Waals surface area contributed by atoms with Gasteiger partial charge in [-0.2, -0.15) is 0 Å². The molecule has 2 N–H and O–H groups in total. The van der Waals surface area contributed by atoms with Crippen molar-refractivity contribution < 1.29 is 9.13 Å². The lowest BCUT2D eigenvalue weighted by atomic mass is 10.2. The van der Waals surface area contributed by atoms with Gasteiger partial charge in [0.05, 0.1) is 5.56 Å². The first kappa shape index (κ1) is 14.0. The number of benzene rings is 2. The van der Waals surface area contributed by atoms with E-state index in [1.807, 2.05) is 12.1 Å². The number of halogens is 2. The van der Waals surface area contributed by atoms with E-state index in [2.05, 4.69) is 15.9 Å². The molecule has 0 saturated heterocycles. The Labute approximate surface area is 124 Å². The summed E-state index contributed by atoms with van der Waals surface area (Å²) in [6.45, 7) is 0.124. The van der Waals surface area contributed by atoms with Crippen molar-refractivity contribution in [2.24, 2.45) is 5.73 Å². The van der Waals surface area contributed by atoms with Crippen LogP contribution in [0.2, 0.25) is 0 Å². The van der Waals surface area contributed by atoms with E-state index in [1.165, 1.54) is 6.07 Å². The maximum Gasteiger partial charge on any atom is 0.131 e. The van der Waals surface area contributed by atoms with Gasteiger partial charge in [0.15, 0.2) is 0 Å². The van der Waals surface area contributed by atoms with Crippen molar-refractivity contribution in [1.82, 2.24) is 0 Å². The van der Waals surface area contributed by atoms with Crippen LogP contribution < -0.4 is 10.5 Å². The van der Waals surface area contributed by atoms with Gasteiger partial charge in [-0.25, -0.2) is 4.39 Å². The van der Waals surface area contributed by atoms with E-state index >= 15 is 0 Å². The molecule has 2 nitrogen and oxygen atoms in total. The lowest BCUT2D eigenvalue weighted by molar-refractivity contribution is 0.299. The summed E-state index contributed by atoms with van der Waals surface area (Å²) in [5.41, 5.74) is 6.76. The normalized spacial score (nSPS) is 10.2. The molecular formula is C14H11BrFNOS. The molecule has 0 saturated carbocycles. The number of hydrogen-bond donors (Lipinski definition) is 1. The van der Waals surface area contributed by atoms with E-state index < -0.39 is 0 Å². The molecule has 0 heterocycles. The van der Waals surface area contributed by atoms with Crippen LogP contribution in [0.3, 0.4) is 0 Å². The van der Waals surface area contributed by atoms with Crippen LogP contribution in [-0.4, -0.2) is 4.99 Å². The van der Waals surface area contributed by atoms with Crippen molar-refractivity contribution in [1.29, 1.82) is 0 Å². The zero-order valence-corrected chi connectivity index (χ0v) is 12.3. The standard InChI is InChI=1S/C14H11BrFNOS/c15-10-5-3-7-12(13(10)14(17)19)18-8-9-4-1-2-6-11(9)16/h1-7H,8H2,(H2,17,19). The zero-order valence-electron chi connectivity index (χ0n) is 9.90. The Kier molecular flexibility index (Phi) is 4.50. The van der Waals surface area contributed by atoms with Gasteiger partial charge in [-0.05, 0) is 34.1 Å². The molecule has 0 aromatic heterocycles. The third-order valence-electron chi connectivity index (χ3n) is 2.56. The third kappa shape index (κ3) is 3.30. The van der Waals surface area contributed by atoms with Crippen molar-refractivity contribution in [2.45, 2.75) is 6.61 Å². The Bertz CT molecular complexity index is 618. The summed E-state index contributed by atoms with van der Waals surface area (Å²) >= 11 is 8.35. The molecule has 0 amide bonds. The van der Waals surface area contributed by atoms with Crippen LogP contribution in [0.15, 0.2) is 46.9 Å². The molecule has 0 spiro atoms. The van der Waals surface area contributed by atoms with E-state index in [-0.39, 0.29) is 17.4 Å². The summed E-state index contributed by atoms with van der Waals surface area (Å²) in [6, 6.07) is 11.9. The van der Waals surface area contributed by atoms with Crippen LogP contribution in [0.5, 0.6) is 5.75 Å². The van der Waals surface area contributed by atoms with Gasteiger partial charge in [-0.1, -0.05) is 36.5 Å². The lowest BCUT2D eigenvalue weighted by Gasteiger charge is -2.12. The zero-order chi connectivity index (χ0) is 13.8. The molecule has 0 aliphatic rings. The Balaban J connectivity index is 2.23. The topological polar surface area (TPSA) is 35.2 Å². The first-order valence-electron chi connectivity index (χ1n) is 5.54. The molecule has 0 fully saturated rings. The highest BCUT2D eigenvalue weighted by Gasteiger charge is 2.11. The molecule has 98 valence electrons. The smallest absolute Gasteiger partial charge is 0.131 e. The van der Waals surface area contributed by atoms with E-state index in [4.69, 9.17) is 22.7 Å². The maximum atomic E-state index is 13.5. The van der Waals surface area contributed by atoms with Gasteiger partial charge >= 0.3 is 0 Å². The first-order valence-corrected chi connectivity index (χ1v) is 6.74. The summed E-state index contributed by atoms with van der Waals surface area (Å²) in [6.07, 6.45) is 0. The molecular weight excluding hydrogens is 329 g/mol. The summed E-state index contributed by atoms with van der Waals surface area (Å²) in [5, 5.41) is 0. The molecule has 0 unspecified atom stereocenters. The van der Waals surface area contributed by atoms with Crippen LogP contribution >= 0.6 is 28.1 Å². The number of nitrogens with two attached hydrogens (primary N) is 1. The van der Waals surface area contributed by atoms with Crippen molar-refractivity contribution in [3.63, 3.8) is 0 Å². The first-order chi connectivity index (χ1) is 9.09. The van der Waals surface area contributed by atoms with Crippen molar-refractivity contribution in [2.75, 3.05) is 0 Å². The minimum Gasteiger partial charge on any atom is -0.488 e. The molecule has 2 aromatic carbocycles. The van der Waals surface area contributed by atoms with E-state index in [0.29, 0.717) is 16.9 Å². The van der Waals surface area contributed by atoms with Crippen LogP contribution in [0, 0.1) is 5.82 Å². The van der Waals surface area contributed by atoms with Gasteiger partial charge < -0.3 is 10.5 Å². The highest BCUT2D eigenvalue weighted by Crippen LogP contribution is 2.27. The second kappa shape index (κ2) is 6.12. The molecule has 5 heteroatoms. The van der Waals surface area contributed by atoms with Gasteiger partial charge in [-0.3, -0.25) is 0 Å². The lowest BCUT2D eigenvalue weighted by Crippen LogP contribution is -2.12. The van der Waals surface area contributed by atoms with E-state index in [9.17, 15) is 4.39 Å². The molecule has 2 rings (SSSR count). The summed E-state index contributed by atoms with van der Waals surface area (Å²) in [7, 11) is 0. The van der Waals surface area contributed by atoms with Crippen molar-refractivity contribution in [3.05, 3.63) is 63.9 Å². The molecule has 0 bridgehead atoms. The van der Waals surface area contributed by atoms with E-state index in [0.717, 1.165) is 4.47 Å². The summed E-state index contributed by atoms with van der Waals surface area (Å²) in [4.78, 5) is 0.232. The van der Waals surface area contributed by atoms with Crippen LogP contribution in [0.25, 0.3) is 0 Å². The van der Waals surface area contributed by atoms with Gasteiger partial charge in [0.2, 0.25) is 0 Å². The highest BCUT2D eigenvalue weighted by molar-refractivity contribution is 9.10. The largest absolute Gasteiger partial charge is 0.488 e. The van der Waals surface area contributed by atoms with Crippen LogP contribution in [0.4, 0.5) is 4.39 Å². The Morgan fingerprint density at radius 3 is 2.63 bits per heavy atom. The van der Waals surface area contributed by atoms with Crippen molar-refractivity contribution in [3.8, 4) is 5.75 Å². The van der Waals surface area contributed by atoms with Gasteiger partial charge in [0.25, 0.3) is 0 Å². The predicted octanol–water partition coefficient (Wildman–Crippen LogP) is 3.80. The maximum absolute atomic E-state index is 13.5. The second-order valence-corrected chi connectivity index (χ2v) is 5.15. The van der Waals surface area contributed by atoms with Crippen LogP contribution in [0.1, 0.15) is 11.1 Å². The number of ether oxygens (including phenoxy) is 1. The highest BCUT2D eigenvalue weighted by atomic mass is 79.9. The monoisotopic (exact) mass is 339 g/mol. The van der Waals surface area contributed by atoms with Gasteiger partial charge in [0.1, 0.15) is 23.2 Å². The van der Waals surface area contributed by atoms with E-state index in [1.54, 1.807) is 24.3 Å². The quantitative estimate of drug-likeness (QED) is 0.860. The summed E-state index contributed by atoms with van der Waals surface area (Å²) < 4.78 is 19.9.